The molecule has 7 heteroatoms. The Morgan fingerprint density at radius 1 is 1.26 bits per heavy atom. The summed E-state index contributed by atoms with van der Waals surface area (Å²) in [5, 5.41) is 13.2. The number of anilines is 1. The van der Waals surface area contributed by atoms with Gasteiger partial charge in [0.25, 0.3) is 0 Å². The fourth-order valence-corrected chi connectivity index (χ4v) is 2.77. The molecule has 0 fully saturated rings. The number of aliphatic hydroxyl groups excluding tert-OH is 1. The molecule has 120 valence electrons. The quantitative estimate of drug-likeness (QED) is 0.580. The van der Waals surface area contributed by atoms with Crippen LogP contribution in [0.15, 0.2) is 45.3 Å². The Balaban J connectivity index is 1.91. The van der Waals surface area contributed by atoms with E-state index < -0.39 is 6.10 Å². The number of fused-ring (bicyclic) bond motifs is 1. The van der Waals surface area contributed by atoms with Gasteiger partial charge < -0.3 is 14.8 Å². The van der Waals surface area contributed by atoms with E-state index in [-0.39, 0.29) is 5.88 Å². The second-order valence-corrected chi connectivity index (χ2v) is 6.65. The molecule has 0 aliphatic rings. The SMILES string of the molecule is OC(CCl)CNc1ccc2oc(-c3cc(Br)ccc3Cl)nc2c1. The summed E-state index contributed by atoms with van der Waals surface area (Å²) in [6.45, 7) is 0.372. The van der Waals surface area contributed by atoms with Gasteiger partial charge in [0.05, 0.1) is 22.6 Å². The molecule has 0 saturated carbocycles. The van der Waals surface area contributed by atoms with Gasteiger partial charge in [-0.15, -0.1) is 11.6 Å². The molecule has 2 aromatic carbocycles. The molecule has 0 spiro atoms. The summed E-state index contributed by atoms with van der Waals surface area (Å²) in [7, 11) is 0. The second kappa shape index (κ2) is 7.09. The van der Waals surface area contributed by atoms with Crippen LogP contribution in [0, 0.1) is 0 Å². The topological polar surface area (TPSA) is 58.3 Å². The maximum Gasteiger partial charge on any atom is 0.228 e. The zero-order valence-corrected chi connectivity index (χ0v) is 15.0. The predicted octanol–water partition coefficient (Wildman–Crippen LogP) is 4.92. The first-order valence-electron chi connectivity index (χ1n) is 6.91. The zero-order valence-electron chi connectivity index (χ0n) is 11.9. The lowest BCUT2D eigenvalue weighted by atomic mass is 10.2. The van der Waals surface area contributed by atoms with Crippen LogP contribution < -0.4 is 5.32 Å². The van der Waals surface area contributed by atoms with Gasteiger partial charge in [-0.05, 0) is 36.4 Å². The van der Waals surface area contributed by atoms with Crippen LogP contribution in [-0.4, -0.2) is 28.6 Å². The first kappa shape index (κ1) is 16.6. The Morgan fingerprint density at radius 2 is 2.09 bits per heavy atom. The number of rotatable bonds is 5. The highest BCUT2D eigenvalue weighted by atomic mass is 79.9. The van der Waals surface area contributed by atoms with E-state index in [2.05, 4.69) is 26.2 Å². The van der Waals surface area contributed by atoms with E-state index in [0.717, 1.165) is 15.7 Å². The lowest BCUT2D eigenvalue weighted by Gasteiger charge is -2.09. The normalized spacial score (nSPS) is 12.5. The molecule has 1 heterocycles. The van der Waals surface area contributed by atoms with Crippen molar-refractivity contribution in [2.45, 2.75) is 6.10 Å². The highest BCUT2D eigenvalue weighted by Crippen LogP contribution is 2.32. The summed E-state index contributed by atoms with van der Waals surface area (Å²) in [6, 6.07) is 11.1. The van der Waals surface area contributed by atoms with E-state index in [9.17, 15) is 5.11 Å². The highest BCUT2D eigenvalue weighted by Gasteiger charge is 2.13. The first-order chi connectivity index (χ1) is 11.1. The molecule has 0 saturated heterocycles. The third-order valence-corrected chi connectivity index (χ3v) is 4.45. The van der Waals surface area contributed by atoms with Gasteiger partial charge in [0.15, 0.2) is 5.58 Å². The van der Waals surface area contributed by atoms with E-state index in [1.54, 1.807) is 6.07 Å². The molecule has 0 amide bonds. The van der Waals surface area contributed by atoms with Crippen molar-refractivity contribution in [3.63, 3.8) is 0 Å². The van der Waals surface area contributed by atoms with Crippen LogP contribution in [0.5, 0.6) is 0 Å². The van der Waals surface area contributed by atoms with Crippen LogP contribution in [0.2, 0.25) is 5.02 Å². The molecule has 0 aliphatic heterocycles. The van der Waals surface area contributed by atoms with E-state index in [0.29, 0.717) is 28.6 Å². The van der Waals surface area contributed by atoms with Gasteiger partial charge in [-0.3, -0.25) is 0 Å². The van der Waals surface area contributed by atoms with Gasteiger partial charge in [-0.1, -0.05) is 27.5 Å². The molecular weight excluding hydrogens is 403 g/mol. The molecule has 23 heavy (non-hydrogen) atoms. The van der Waals surface area contributed by atoms with Gasteiger partial charge in [-0.2, -0.15) is 0 Å². The van der Waals surface area contributed by atoms with Crippen molar-refractivity contribution in [1.82, 2.24) is 4.98 Å². The molecule has 4 nitrogen and oxygen atoms in total. The van der Waals surface area contributed by atoms with Crippen molar-refractivity contribution in [2.75, 3.05) is 17.7 Å². The number of aliphatic hydroxyl groups is 1. The molecule has 1 aromatic heterocycles. The molecule has 0 bridgehead atoms. The number of hydrogen-bond donors (Lipinski definition) is 2. The third kappa shape index (κ3) is 3.80. The Bertz CT molecular complexity index is 838. The summed E-state index contributed by atoms with van der Waals surface area (Å²) < 4.78 is 6.68. The van der Waals surface area contributed by atoms with Crippen LogP contribution in [0.1, 0.15) is 0 Å². The van der Waals surface area contributed by atoms with Crippen LogP contribution in [0.4, 0.5) is 5.69 Å². The number of aromatic nitrogens is 1. The first-order valence-corrected chi connectivity index (χ1v) is 8.61. The van der Waals surface area contributed by atoms with E-state index in [1.807, 2.05) is 30.3 Å². The number of oxazole rings is 1. The van der Waals surface area contributed by atoms with Gasteiger partial charge >= 0.3 is 0 Å². The number of alkyl halides is 1. The van der Waals surface area contributed by atoms with Crippen LogP contribution >= 0.6 is 39.1 Å². The number of benzene rings is 2. The van der Waals surface area contributed by atoms with Crippen molar-refractivity contribution < 1.29 is 9.52 Å². The van der Waals surface area contributed by atoms with Gasteiger partial charge in [-0.25, -0.2) is 4.98 Å². The van der Waals surface area contributed by atoms with Crippen molar-refractivity contribution in [2.24, 2.45) is 0 Å². The Hall–Kier alpha value is -1.27. The number of hydrogen-bond acceptors (Lipinski definition) is 4. The minimum absolute atomic E-state index is 0.185. The average molecular weight is 416 g/mol. The zero-order chi connectivity index (χ0) is 16.4. The monoisotopic (exact) mass is 414 g/mol. The average Bonchev–Trinajstić information content (AvgIpc) is 2.97. The molecule has 0 radical (unpaired) electrons. The standard InChI is InChI=1S/C16H13BrCl2N2O2/c17-9-1-3-13(19)12(5-9)16-21-14-6-10(2-4-15(14)23-16)20-8-11(22)7-18/h1-6,11,20,22H,7-8H2. The lowest BCUT2D eigenvalue weighted by Crippen LogP contribution is -2.20. The minimum Gasteiger partial charge on any atom is -0.436 e. The molecule has 2 N–H and O–H groups in total. The van der Waals surface area contributed by atoms with Crippen molar-refractivity contribution in [1.29, 1.82) is 0 Å². The smallest absolute Gasteiger partial charge is 0.228 e. The largest absolute Gasteiger partial charge is 0.436 e. The van der Waals surface area contributed by atoms with Gasteiger partial charge in [0.1, 0.15) is 5.52 Å². The van der Waals surface area contributed by atoms with E-state index in [4.69, 9.17) is 27.6 Å². The Morgan fingerprint density at radius 3 is 2.87 bits per heavy atom. The van der Waals surface area contributed by atoms with Gasteiger partial charge in [0, 0.05) is 16.7 Å². The maximum atomic E-state index is 9.49. The van der Waals surface area contributed by atoms with Crippen LogP contribution in [-0.2, 0) is 0 Å². The molecule has 1 unspecified atom stereocenters. The van der Waals surface area contributed by atoms with E-state index in [1.165, 1.54) is 0 Å². The second-order valence-electron chi connectivity index (χ2n) is 5.01. The van der Waals surface area contributed by atoms with Crippen LogP contribution in [0.3, 0.4) is 0 Å². The Kier molecular flexibility index (Phi) is 5.11. The summed E-state index contributed by atoms with van der Waals surface area (Å²) in [4.78, 5) is 4.49. The highest BCUT2D eigenvalue weighted by molar-refractivity contribution is 9.10. The molecule has 3 rings (SSSR count). The molecule has 3 aromatic rings. The number of halogens is 3. The Labute approximate surface area is 151 Å². The maximum absolute atomic E-state index is 9.49. The minimum atomic E-state index is -0.597. The lowest BCUT2D eigenvalue weighted by molar-refractivity contribution is 0.211. The number of nitrogens with one attached hydrogen (secondary N) is 1. The predicted molar refractivity (Wildman–Crippen MR) is 97.4 cm³/mol. The summed E-state index contributed by atoms with van der Waals surface area (Å²) in [5.41, 5.74) is 2.94. The fourth-order valence-electron chi connectivity index (χ4n) is 2.10. The summed E-state index contributed by atoms with van der Waals surface area (Å²) in [6.07, 6.45) is -0.597. The van der Waals surface area contributed by atoms with Crippen molar-refractivity contribution in [3.8, 4) is 11.5 Å². The number of nitrogens with zero attached hydrogens (tertiary/aromatic N) is 1. The summed E-state index contributed by atoms with van der Waals surface area (Å²) >= 11 is 15.2. The van der Waals surface area contributed by atoms with E-state index >= 15 is 0 Å². The van der Waals surface area contributed by atoms with Crippen molar-refractivity contribution >= 4 is 55.9 Å². The van der Waals surface area contributed by atoms with Crippen LogP contribution in [0.25, 0.3) is 22.6 Å². The molecule has 0 aliphatic carbocycles. The van der Waals surface area contributed by atoms with Crippen molar-refractivity contribution in [3.05, 3.63) is 45.9 Å². The van der Waals surface area contributed by atoms with Gasteiger partial charge in [0.2, 0.25) is 5.89 Å². The fraction of sp³-hybridized carbons (Fsp3) is 0.188. The molecule has 1 atom stereocenters. The molecular formula is C16H13BrCl2N2O2. The summed E-state index contributed by atoms with van der Waals surface area (Å²) in [5.74, 6) is 0.648. The third-order valence-electron chi connectivity index (χ3n) is 3.27.